The lowest BCUT2D eigenvalue weighted by atomic mass is 10.1. The Balaban J connectivity index is 1.80. The molecule has 0 fully saturated rings. The number of hydrogen-bond donors (Lipinski definition) is 1. The molecule has 26 heavy (non-hydrogen) atoms. The summed E-state index contributed by atoms with van der Waals surface area (Å²) in [6.45, 7) is 0. The van der Waals surface area contributed by atoms with Gasteiger partial charge in [-0.1, -0.05) is 12.1 Å². The van der Waals surface area contributed by atoms with Crippen molar-refractivity contribution >= 4 is 21.6 Å². The zero-order valence-corrected chi connectivity index (χ0v) is 15.1. The fourth-order valence-corrected chi connectivity index (χ4v) is 3.77. The maximum Gasteiger partial charge on any atom is 0.260 e. The predicted octanol–water partition coefficient (Wildman–Crippen LogP) is 4.34. The average molecular weight is 364 g/mol. The van der Waals surface area contributed by atoms with Crippen molar-refractivity contribution in [2.45, 2.75) is 0 Å². The first-order valence-electron chi connectivity index (χ1n) is 8.00. The van der Waals surface area contributed by atoms with Crippen LogP contribution in [0, 0.1) is 0 Å². The van der Waals surface area contributed by atoms with Gasteiger partial charge >= 0.3 is 0 Å². The van der Waals surface area contributed by atoms with Gasteiger partial charge in [-0.3, -0.25) is 4.79 Å². The first-order valence-corrected chi connectivity index (χ1v) is 8.88. The molecule has 0 saturated carbocycles. The highest BCUT2D eigenvalue weighted by Crippen LogP contribution is 2.32. The molecule has 0 unspecified atom stereocenters. The number of aromatic nitrogens is 2. The van der Waals surface area contributed by atoms with Crippen LogP contribution in [0.3, 0.4) is 0 Å². The van der Waals surface area contributed by atoms with Gasteiger partial charge in [-0.15, -0.1) is 11.3 Å². The molecule has 4 aromatic rings. The third-order valence-electron chi connectivity index (χ3n) is 4.21. The topological polar surface area (TPSA) is 64.2 Å². The Morgan fingerprint density at radius 3 is 2.04 bits per heavy atom. The highest BCUT2D eigenvalue weighted by Gasteiger charge is 2.14. The monoisotopic (exact) mass is 364 g/mol. The van der Waals surface area contributed by atoms with Gasteiger partial charge in [0.05, 0.1) is 19.6 Å². The molecule has 0 atom stereocenters. The second-order valence-corrected chi connectivity index (χ2v) is 6.56. The van der Waals surface area contributed by atoms with Crippen LogP contribution in [0.15, 0.2) is 58.7 Å². The maximum absolute atomic E-state index is 12.7. The largest absolute Gasteiger partial charge is 0.497 e. The Morgan fingerprint density at radius 2 is 1.46 bits per heavy atom. The van der Waals surface area contributed by atoms with E-state index in [1.165, 1.54) is 11.3 Å². The third kappa shape index (κ3) is 2.84. The van der Waals surface area contributed by atoms with Crippen LogP contribution < -0.4 is 15.0 Å². The number of aromatic amines is 1. The fourth-order valence-electron chi connectivity index (χ4n) is 2.82. The van der Waals surface area contributed by atoms with Crippen LogP contribution in [0.2, 0.25) is 0 Å². The van der Waals surface area contributed by atoms with Gasteiger partial charge in [0, 0.05) is 16.5 Å². The fraction of sp³-hybridized carbons (Fsp3) is 0.100. The zero-order chi connectivity index (χ0) is 18.1. The number of thiophene rings is 1. The minimum absolute atomic E-state index is 0.145. The van der Waals surface area contributed by atoms with Gasteiger partial charge in [-0.2, -0.15) is 0 Å². The number of H-pyrrole nitrogens is 1. The predicted molar refractivity (Wildman–Crippen MR) is 104 cm³/mol. The van der Waals surface area contributed by atoms with E-state index in [1.54, 1.807) is 14.2 Å². The number of rotatable bonds is 4. The van der Waals surface area contributed by atoms with Crippen LogP contribution in [-0.4, -0.2) is 24.2 Å². The molecule has 1 N–H and O–H groups in total. The molecule has 130 valence electrons. The van der Waals surface area contributed by atoms with Crippen LogP contribution in [0.25, 0.3) is 32.7 Å². The summed E-state index contributed by atoms with van der Waals surface area (Å²) in [5, 5.41) is 2.57. The summed E-state index contributed by atoms with van der Waals surface area (Å²) >= 11 is 1.46. The molecule has 2 heterocycles. The van der Waals surface area contributed by atoms with Gasteiger partial charge in [0.25, 0.3) is 5.56 Å². The molecular formula is C20H16N2O3S. The van der Waals surface area contributed by atoms with Gasteiger partial charge in [0.1, 0.15) is 22.2 Å². The van der Waals surface area contributed by atoms with E-state index in [2.05, 4.69) is 9.97 Å². The van der Waals surface area contributed by atoms with Crippen molar-refractivity contribution in [1.29, 1.82) is 0 Å². The van der Waals surface area contributed by atoms with Crippen molar-refractivity contribution in [2.75, 3.05) is 14.2 Å². The minimum atomic E-state index is -0.145. The lowest BCUT2D eigenvalue weighted by Gasteiger charge is -2.04. The van der Waals surface area contributed by atoms with Crippen LogP contribution in [0.5, 0.6) is 11.5 Å². The average Bonchev–Trinajstić information content (AvgIpc) is 3.13. The summed E-state index contributed by atoms with van der Waals surface area (Å²) in [6.07, 6.45) is 0. The minimum Gasteiger partial charge on any atom is -0.497 e. The molecule has 2 aromatic heterocycles. The first-order chi connectivity index (χ1) is 12.7. The second-order valence-electron chi connectivity index (χ2n) is 5.70. The summed E-state index contributed by atoms with van der Waals surface area (Å²) < 4.78 is 10.4. The highest BCUT2D eigenvalue weighted by atomic mass is 32.1. The van der Waals surface area contributed by atoms with Gasteiger partial charge in [-0.05, 0) is 42.0 Å². The lowest BCUT2D eigenvalue weighted by molar-refractivity contribution is 0.415. The normalized spacial score (nSPS) is 10.8. The molecule has 4 rings (SSSR count). The van der Waals surface area contributed by atoms with E-state index in [4.69, 9.17) is 9.47 Å². The van der Waals surface area contributed by atoms with Crippen molar-refractivity contribution in [3.63, 3.8) is 0 Å². The molecule has 2 aromatic carbocycles. The Bertz CT molecular complexity index is 1110. The van der Waals surface area contributed by atoms with Crippen LogP contribution in [0.4, 0.5) is 0 Å². The standard InChI is InChI=1S/C20H16N2O3S/c1-24-14-7-3-12(4-8-14)16-11-26-20-17(16)19(23)21-18(22-20)13-5-9-15(25-2)10-6-13/h3-11H,1-2H3,(H,21,22,23). The number of nitrogens with one attached hydrogen (secondary N) is 1. The van der Waals surface area contributed by atoms with Gasteiger partial charge in [0.2, 0.25) is 0 Å². The van der Waals surface area contributed by atoms with Crippen molar-refractivity contribution < 1.29 is 9.47 Å². The van der Waals surface area contributed by atoms with Gasteiger partial charge < -0.3 is 14.5 Å². The summed E-state index contributed by atoms with van der Waals surface area (Å²) in [6, 6.07) is 15.1. The van der Waals surface area contributed by atoms with Crippen molar-refractivity contribution in [3.8, 4) is 34.0 Å². The molecular weight excluding hydrogens is 348 g/mol. The molecule has 0 bridgehead atoms. The Morgan fingerprint density at radius 1 is 0.885 bits per heavy atom. The van der Waals surface area contributed by atoms with E-state index in [0.717, 1.165) is 28.2 Å². The van der Waals surface area contributed by atoms with Gasteiger partial charge in [-0.25, -0.2) is 4.98 Å². The van der Waals surface area contributed by atoms with E-state index in [9.17, 15) is 4.79 Å². The smallest absolute Gasteiger partial charge is 0.260 e. The second kappa shape index (κ2) is 6.65. The van der Waals surface area contributed by atoms with Crippen LogP contribution in [-0.2, 0) is 0 Å². The molecule has 0 spiro atoms. The molecule has 0 saturated heterocycles. The zero-order valence-electron chi connectivity index (χ0n) is 14.3. The van der Waals surface area contributed by atoms with E-state index in [0.29, 0.717) is 16.0 Å². The molecule has 0 amide bonds. The van der Waals surface area contributed by atoms with E-state index < -0.39 is 0 Å². The van der Waals surface area contributed by atoms with E-state index in [-0.39, 0.29) is 5.56 Å². The number of fused-ring (bicyclic) bond motifs is 1. The first kappa shape index (κ1) is 16.4. The molecule has 0 aliphatic rings. The molecule has 0 aliphatic heterocycles. The summed E-state index contributed by atoms with van der Waals surface area (Å²) in [5.74, 6) is 2.09. The Labute approximate surface area is 153 Å². The molecule has 0 aliphatic carbocycles. The maximum atomic E-state index is 12.7. The van der Waals surface area contributed by atoms with Crippen LogP contribution >= 0.6 is 11.3 Å². The summed E-state index contributed by atoms with van der Waals surface area (Å²) in [5.41, 5.74) is 2.53. The third-order valence-corrected chi connectivity index (χ3v) is 5.08. The Hall–Kier alpha value is -3.12. The number of benzene rings is 2. The molecule has 5 nitrogen and oxygen atoms in total. The molecule has 0 radical (unpaired) electrons. The highest BCUT2D eigenvalue weighted by molar-refractivity contribution is 7.17. The number of hydrogen-bond acceptors (Lipinski definition) is 5. The molecule has 6 heteroatoms. The number of methoxy groups -OCH3 is 2. The van der Waals surface area contributed by atoms with Crippen LogP contribution in [0.1, 0.15) is 0 Å². The summed E-state index contributed by atoms with van der Waals surface area (Å²) in [7, 11) is 3.25. The van der Waals surface area contributed by atoms with Crippen molar-refractivity contribution in [2.24, 2.45) is 0 Å². The Kier molecular flexibility index (Phi) is 4.18. The summed E-state index contributed by atoms with van der Waals surface area (Å²) in [4.78, 5) is 21.0. The van der Waals surface area contributed by atoms with Gasteiger partial charge in [0.15, 0.2) is 0 Å². The SMILES string of the molecule is COc1ccc(-c2nc3scc(-c4ccc(OC)cc4)c3c(=O)[nH]2)cc1. The van der Waals surface area contributed by atoms with E-state index >= 15 is 0 Å². The van der Waals surface area contributed by atoms with Crippen molar-refractivity contribution in [3.05, 3.63) is 64.3 Å². The number of ether oxygens (including phenoxy) is 2. The quantitative estimate of drug-likeness (QED) is 0.585. The van der Waals surface area contributed by atoms with Crippen molar-refractivity contribution in [1.82, 2.24) is 9.97 Å². The van der Waals surface area contributed by atoms with E-state index in [1.807, 2.05) is 53.9 Å². The lowest BCUT2D eigenvalue weighted by Crippen LogP contribution is -2.09. The number of nitrogens with zero attached hydrogens (tertiary/aromatic N) is 1.